The van der Waals surface area contributed by atoms with E-state index in [-0.39, 0.29) is 35.9 Å². The lowest BCUT2D eigenvalue weighted by atomic mass is 9.96. The number of esters is 1. The maximum Gasteiger partial charge on any atom is 0.474 e. The van der Waals surface area contributed by atoms with E-state index in [1.807, 2.05) is 30.3 Å². The van der Waals surface area contributed by atoms with Gasteiger partial charge in [-0.25, -0.2) is 16.3 Å². The minimum Gasteiger partial charge on any atom is -0.371 e. The SMILES string of the molecule is [C-]#[N+][C@]12OC(=O)C[C@H]1CS[C@@H]1[C@H](NC(=O)Cc3ccccc3)C(=O)N12. The molecule has 0 radical (unpaired) electrons. The standard InChI is InChI=1S/C17H15N3O4S/c1-18-17-11(8-13(22)24-17)9-25-16-14(15(23)20(16)17)19-12(21)7-10-5-3-2-4-6-10/h2-6,11,14,16H,7-9H2,(H,19,21)/t11-,14+,16+,17+/m0/s1. The molecule has 0 aliphatic carbocycles. The first-order valence-corrected chi connectivity index (χ1v) is 8.98. The number of nitrogens with zero attached hydrogens (tertiary/aromatic N) is 2. The molecule has 1 N–H and O–H groups in total. The molecule has 0 saturated carbocycles. The highest BCUT2D eigenvalue weighted by Gasteiger charge is 2.73. The van der Waals surface area contributed by atoms with Crippen LogP contribution in [-0.4, -0.2) is 45.7 Å². The first-order chi connectivity index (χ1) is 12.0. The summed E-state index contributed by atoms with van der Waals surface area (Å²) in [5.41, 5.74) is 0.863. The van der Waals surface area contributed by atoms with Gasteiger partial charge in [-0.3, -0.25) is 14.4 Å². The Morgan fingerprint density at radius 1 is 1.40 bits per heavy atom. The number of benzene rings is 1. The third-order valence-corrected chi connectivity index (χ3v) is 6.17. The lowest BCUT2D eigenvalue weighted by Crippen LogP contribution is -2.77. The van der Waals surface area contributed by atoms with Crippen LogP contribution in [0.25, 0.3) is 4.85 Å². The van der Waals surface area contributed by atoms with Gasteiger partial charge in [0.1, 0.15) is 17.3 Å². The van der Waals surface area contributed by atoms with Gasteiger partial charge >= 0.3 is 11.8 Å². The Labute approximate surface area is 148 Å². The van der Waals surface area contributed by atoms with Crippen LogP contribution in [0, 0.1) is 12.5 Å². The molecule has 8 heteroatoms. The first kappa shape index (κ1) is 16.0. The molecule has 3 aliphatic heterocycles. The van der Waals surface area contributed by atoms with Gasteiger partial charge in [0.05, 0.1) is 12.8 Å². The number of amides is 2. The van der Waals surface area contributed by atoms with Crippen LogP contribution in [0.15, 0.2) is 30.3 Å². The van der Waals surface area contributed by atoms with Crippen LogP contribution in [0.5, 0.6) is 0 Å². The highest BCUT2D eigenvalue weighted by Crippen LogP contribution is 2.51. The zero-order valence-corrected chi connectivity index (χ0v) is 14.0. The van der Waals surface area contributed by atoms with Crippen molar-refractivity contribution in [1.82, 2.24) is 10.2 Å². The normalized spacial score (nSPS) is 32.8. The Morgan fingerprint density at radius 2 is 2.16 bits per heavy atom. The number of fused-ring (bicyclic) bond motifs is 3. The zero-order valence-electron chi connectivity index (χ0n) is 13.2. The average molecular weight is 357 g/mol. The molecule has 0 aromatic heterocycles. The second kappa shape index (κ2) is 5.77. The summed E-state index contributed by atoms with van der Waals surface area (Å²) in [5.74, 6) is -2.35. The van der Waals surface area contributed by atoms with E-state index < -0.39 is 17.9 Å². The summed E-state index contributed by atoms with van der Waals surface area (Å²) in [6, 6.07) is 8.59. The maximum absolute atomic E-state index is 12.6. The molecule has 25 heavy (non-hydrogen) atoms. The van der Waals surface area contributed by atoms with Crippen molar-refractivity contribution in [2.24, 2.45) is 5.92 Å². The molecule has 7 nitrogen and oxygen atoms in total. The Hall–Kier alpha value is -2.53. The number of carbonyl (C=O) groups is 3. The zero-order chi connectivity index (χ0) is 17.6. The van der Waals surface area contributed by atoms with Crippen LogP contribution >= 0.6 is 11.8 Å². The van der Waals surface area contributed by atoms with E-state index in [9.17, 15) is 14.4 Å². The van der Waals surface area contributed by atoms with E-state index in [4.69, 9.17) is 11.3 Å². The summed E-state index contributed by atoms with van der Waals surface area (Å²) in [7, 11) is 0. The molecule has 4 rings (SSSR count). The summed E-state index contributed by atoms with van der Waals surface area (Å²) in [5, 5.41) is 2.38. The molecule has 4 atom stereocenters. The second-order valence-corrected chi connectivity index (χ2v) is 7.43. The van der Waals surface area contributed by atoms with Gasteiger partial charge in [-0.1, -0.05) is 30.3 Å². The van der Waals surface area contributed by atoms with Gasteiger partial charge in [-0.15, -0.1) is 11.8 Å². The van der Waals surface area contributed by atoms with Crippen molar-refractivity contribution in [2.75, 3.05) is 5.75 Å². The highest BCUT2D eigenvalue weighted by atomic mass is 32.2. The predicted molar refractivity (Wildman–Crippen MR) is 88.7 cm³/mol. The van der Waals surface area contributed by atoms with Crippen LogP contribution in [0.4, 0.5) is 0 Å². The molecule has 1 aromatic rings. The molecule has 0 unspecified atom stereocenters. The van der Waals surface area contributed by atoms with Crippen molar-refractivity contribution in [3.05, 3.63) is 47.3 Å². The number of rotatable bonds is 3. The van der Waals surface area contributed by atoms with Gasteiger partial charge in [0.2, 0.25) is 5.91 Å². The van der Waals surface area contributed by atoms with Gasteiger partial charge in [-0.2, -0.15) is 0 Å². The lowest BCUT2D eigenvalue weighted by molar-refractivity contribution is -0.191. The lowest BCUT2D eigenvalue weighted by Gasteiger charge is -2.52. The minimum atomic E-state index is -1.52. The van der Waals surface area contributed by atoms with E-state index >= 15 is 0 Å². The summed E-state index contributed by atoms with van der Waals surface area (Å²) in [6.07, 6.45) is 0.338. The topological polar surface area (TPSA) is 80.1 Å². The van der Waals surface area contributed by atoms with Crippen molar-refractivity contribution in [3.63, 3.8) is 0 Å². The molecule has 0 spiro atoms. The van der Waals surface area contributed by atoms with Crippen molar-refractivity contribution in [3.8, 4) is 0 Å². The highest BCUT2D eigenvalue weighted by molar-refractivity contribution is 8.00. The second-order valence-electron chi connectivity index (χ2n) is 6.29. The smallest absolute Gasteiger partial charge is 0.371 e. The molecule has 3 aliphatic rings. The Balaban J connectivity index is 1.47. The van der Waals surface area contributed by atoms with Crippen molar-refractivity contribution < 1.29 is 19.1 Å². The Kier molecular flexibility index (Phi) is 3.69. The van der Waals surface area contributed by atoms with E-state index in [2.05, 4.69) is 10.2 Å². The van der Waals surface area contributed by atoms with Crippen LogP contribution < -0.4 is 5.32 Å². The average Bonchev–Trinajstić information content (AvgIpc) is 2.95. The largest absolute Gasteiger partial charge is 0.474 e. The van der Waals surface area contributed by atoms with Crippen molar-refractivity contribution in [2.45, 2.75) is 30.1 Å². The third kappa shape index (κ3) is 2.38. The van der Waals surface area contributed by atoms with Gasteiger partial charge in [0, 0.05) is 5.75 Å². The maximum atomic E-state index is 12.6. The van der Waals surface area contributed by atoms with E-state index in [0.29, 0.717) is 5.75 Å². The molecule has 0 bridgehead atoms. The predicted octanol–water partition coefficient (Wildman–Crippen LogP) is 0.765. The summed E-state index contributed by atoms with van der Waals surface area (Å²) in [6.45, 7) is 7.46. The molecular formula is C17H15N3O4S. The van der Waals surface area contributed by atoms with Gasteiger partial charge in [0.15, 0.2) is 0 Å². The number of ether oxygens (including phenoxy) is 1. The van der Waals surface area contributed by atoms with Crippen molar-refractivity contribution >= 4 is 29.5 Å². The summed E-state index contributed by atoms with van der Waals surface area (Å²) >= 11 is 1.48. The number of thioether (sulfide) groups is 1. The molecule has 2 amide bonds. The monoisotopic (exact) mass is 357 g/mol. The van der Waals surface area contributed by atoms with Crippen molar-refractivity contribution in [1.29, 1.82) is 0 Å². The van der Waals surface area contributed by atoms with Crippen LogP contribution in [0.2, 0.25) is 0 Å². The fourth-order valence-corrected chi connectivity index (χ4v) is 5.08. The van der Waals surface area contributed by atoms with Gasteiger partial charge < -0.3 is 10.1 Å². The number of carbonyl (C=O) groups excluding carboxylic acids is 3. The fourth-order valence-electron chi connectivity index (χ4n) is 3.54. The number of nitrogens with one attached hydrogen (secondary N) is 1. The van der Waals surface area contributed by atoms with Crippen LogP contribution in [0.1, 0.15) is 12.0 Å². The van der Waals surface area contributed by atoms with Crippen LogP contribution in [-0.2, 0) is 25.5 Å². The molecule has 128 valence electrons. The molecule has 3 heterocycles. The minimum absolute atomic E-state index is 0.150. The third-order valence-electron chi connectivity index (χ3n) is 4.75. The Bertz CT molecular complexity index is 793. The molecule has 3 saturated heterocycles. The van der Waals surface area contributed by atoms with Crippen LogP contribution in [0.3, 0.4) is 0 Å². The number of hydrogen-bond acceptors (Lipinski definition) is 5. The summed E-state index contributed by atoms with van der Waals surface area (Å²) < 4.78 is 5.24. The Morgan fingerprint density at radius 3 is 2.88 bits per heavy atom. The van der Waals surface area contributed by atoms with E-state index in [1.54, 1.807) is 0 Å². The number of β-lactam (4-membered cyclic amide) rings is 1. The quantitative estimate of drug-likeness (QED) is 0.491. The van der Waals surface area contributed by atoms with E-state index in [0.717, 1.165) is 5.56 Å². The number of hydrogen-bond donors (Lipinski definition) is 1. The summed E-state index contributed by atoms with van der Waals surface area (Å²) in [4.78, 5) is 41.2. The fraction of sp³-hybridized carbons (Fsp3) is 0.412. The molecular weight excluding hydrogens is 342 g/mol. The van der Waals surface area contributed by atoms with Gasteiger partial charge in [0.25, 0.3) is 5.91 Å². The first-order valence-electron chi connectivity index (χ1n) is 7.93. The van der Waals surface area contributed by atoms with Gasteiger partial charge in [-0.05, 0) is 5.56 Å². The van der Waals surface area contributed by atoms with E-state index in [1.165, 1.54) is 16.7 Å². The molecule has 1 aromatic carbocycles. The molecule has 3 fully saturated rings.